The minimum Gasteiger partial charge on any atom is -0.374 e. The predicted molar refractivity (Wildman–Crippen MR) is 70.6 cm³/mol. The molecule has 18 heavy (non-hydrogen) atoms. The first-order valence-corrected chi connectivity index (χ1v) is 6.42. The van der Waals surface area contributed by atoms with Gasteiger partial charge in [-0.05, 0) is 32.1 Å². The number of morpholine rings is 1. The number of amides is 1. The predicted octanol–water partition coefficient (Wildman–Crippen LogP) is 1.14. The summed E-state index contributed by atoms with van der Waals surface area (Å²) in [6.45, 7) is 2.92. The number of rotatable bonds is 4. The van der Waals surface area contributed by atoms with Crippen molar-refractivity contribution in [3.8, 4) is 0 Å². The number of hydrogen-bond donors (Lipinski definition) is 1. The van der Waals surface area contributed by atoms with Crippen LogP contribution in [0.5, 0.6) is 0 Å². The average molecular weight is 248 g/mol. The first kappa shape index (κ1) is 13.1. The van der Waals surface area contributed by atoms with Gasteiger partial charge >= 0.3 is 0 Å². The fourth-order valence-corrected chi connectivity index (χ4v) is 2.15. The highest BCUT2D eigenvalue weighted by molar-refractivity contribution is 5.94. The van der Waals surface area contributed by atoms with E-state index in [2.05, 4.69) is 5.32 Å². The van der Waals surface area contributed by atoms with Gasteiger partial charge in [-0.25, -0.2) is 0 Å². The Kier molecular flexibility index (Phi) is 4.73. The van der Waals surface area contributed by atoms with E-state index in [-0.39, 0.29) is 12.0 Å². The number of hydrogen-bond acceptors (Lipinski definition) is 3. The molecule has 1 amide bonds. The van der Waals surface area contributed by atoms with Crippen molar-refractivity contribution in [2.45, 2.75) is 12.5 Å². The summed E-state index contributed by atoms with van der Waals surface area (Å²) in [5, 5.41) is 3.11. The minimum absolute atomic E-state index is 0.105. The van der Waals surface area contributed by atoms with Gasteiger partial charge in [0.2, 0.25) is 0 Å². The van der Waals surface area contributed by atoms with Crippen LogP contribution >= 0.6 is 0 Å². The maximum atomic E-state index is 12.3. The van der Waals surface area contributed by atoms with Crippen molar-refractivity contribution in [1.82, 2.24) is 10.2 Å². The molecule has 1 aliphatic rings. The van der Waals surface area contributed by atoms with Crippen LogP contribution in [-0.2, 0) is 4.74 Å². The van der Waals surface area contributed by atoms with Crippen LogP contribution in [0.2, 0.25) is 0 Å². The molecule has 0 saturated carbocycles. The van der Waals surface area contributed by atoms with E-state index in [0.29, 0.717) is 19.7 Å². The van der Waals surface area contributed by atoms with Crippen molar-refractivity contribution in [2.75, 3.05) is 33.3 Å². The Balaban J connectivity index is 1.94. The van der Waals surface area contributed by atoms with Crippen LogP contribution < -0.4 is 5.32 Å². The zero-order valence-corrected chi connectivity index (χ0v) is 10.8. The van der Waals surface area contributed by atoms with Gasteiger partial charge in [-0.1, -0.05) is 18.2 Å². The molecule has 1 aliphatic heterocycles. The lowest BCUT2D eigenvalue weighted by atomic mass is 10.1. The van der Waals surface area contributed by atoms with Gasteiger partial charge in [0.15, 0.2) is 0 Å². The third-order valence-corrected chi connectivity index (χ3v) is 3.16. The third-order valence-electron chi connectivity index (χ3n) is 3.16. The first-order valence-electron chi connectivity index (χ1n) is 6.42. The Morgan fingerprint density at radius 2 is 2.22 bits per heavy atom. The van der Waals surface area contributed by atoms with Crippen molar-refractivity contribution >= 4 is 5.91 Å². The number of nitrogens with zero attached hydrogens (tertiary/aromatic N) is 1. The van der Waals surface area contributed by atoms with Crippen LogP contribution in [-0.4, -0.2) is 50.2 Å². The Morgan fingerprint density at radius 1 is 1.44 bits per heavy atom. The quantitative estimate of drug-likeness (QED) is 0.868. The molecule has 0 radical (unpaired) electrons. The van der Waals surface area contributed by atoms with Crippen LogP contribution in [0.15, 0.2) is 30.3 Å². The van der Waals surface area contributed by atoms with E-state index in [1.54, 1.807) is 0 Å². The summed E-state index contributed by atoms with van der Waals surface area (Å²) in [6, 6.07) is 9.44. The Hall–Kier alpha value is -1.39. The molecule has 0 aliphatic carbocycles. The third kappa shape index (κ3) is 3.31. The van der Waals surface area contributed by atoms with Crippen molar-refractivity contribution in [2.24, 2.45) is 0 Å². The van der Waals surface area contributed by atoms with E-state index >= 15 is 0 Å². The summed E-state index contributed by atoms with van der Waals surface area (Å²) in [6.07, 6.45) is 1.09. The van der Waals surface area contributed by atoms with Gasteiger partial charge in [0.05, 0.1) is 12.7 Å². The maximum absolute atomic E-state index is 12.3. The number of carbonyl (C=O) groups excluding carboxylic acids is 1. The molecule has 0 aromatic heterocycles. The van der Waals surface area contributed by atoms with E-state index in [9.17, 15) is 4.79 Å². The van der Waals surface area contributed by atoms with Crippen molar-refractivity contribution in [1.29, 1.82) is 0 Å². The molecule has 1 atom stereocenters. The van der Waals surface area contributed by atoms with Gasteiger partial charge in [-0.15, -0.1) is 0 Å². The van der Waals surface area contributed by atoms with Gasteiger partial charge in [0, 0.05) is 18.7 Å². The van der Waals surface area contributed by atoms with Crippen molar-refractivity contribution in [3.63, 3.8) is 0 Å². The molecular formula is C14H20N2O2. The van der Waals surface area contributed by atoms with Gasteiger partial charge in [0.1, 0.15) is 0 Å². The number of carbonyl (C=O) groups is 1. The lowest BCUT2D eigenvalue weighted by Gasteiger charge is -2.33. The molecule has 1 fully saturated rings. The van der Waals surface area contributed by atoms with Crippen LogP contribution in [0.25, 0.3) is 0 Å². The Morgan fingerprint density at radius 3 is 2.94 bits per heavy atom. The minimum atomic E-state index is 0.105. The van der Waals surface area contributed by atoms with Crippen LogP contribution in [0.4, 0.5) is 0 Å². The zero-order chi connectivity index (χ0) is 12.8. The zero-order valence-electron chi connectivity index (χ0n) is 10.8. The molecular weight excluding hydrogens is 228 g/mol. The summed E-state index contributed by atoms with van der Waals surface area (Å²) >= 11 is 0. The van der Waals surface area contributed by atoms with Gasteiger partial charge in [0.25, 0.3) is 5.91 Å². The molecule has 1 aromatic rings. The highest BCUT2D eigenvalue weighted by atomic mass is 16.5. The molecule has 98 valence electrons. The molecule has 1 N–H and O–H groups in total. The van der Waals surface area contributed by atoms with E-state index in [1.165, 1.54) is 0 Å². The normalized spacial score (nSPS) is 19.8. The molecule has 0 bridgehead atoms. The van der Waals surface area contributed by atoms with Crippen LogP contribution in [0, 0.1) is 0 Å². The molecule has 1 aromatic carbocycles. The lowest BCUT2D eigenvalue weighted by Crippen LogP contribution is -2.46. The highest BCUT2D eigenvalue weighted by Crippen LogP contribution is 2.12. The monoisotopic (exact) mass is 248 g/mol. The summed E-state index contributed by atoms with van der Waals surface area (Å²) in [4.78, 5) is 14.2. The first-order chi connectivity index (χ1) is 8.81. The van der Waals surface area contributed by atoms with E-state index in [0.717, 1.165) is 18.5 Å². The van der Waals surface area contributed by atoms with Crippen LogP contribution in [0.3, 0.4) is 0 Å². The SMILES string of the molecule is CNCCC1CN(C(=O)c2ccccc2)CCO1. The topological polar surface area (TPSA) is 41.6 Å². The standard InChI is InChI=1S/C14H20N2O2/c1-15-8-7-13-11-16(9-10-18-13)14(17)12-5-3-2-4-6-12/h2-6,13,15H,7-11H2,1H3. The smallest absolute Gasteiger partial charge is 0.254 e. The summed E-state index contributed by atoms with van der Waals surface area (Å²) in [7, 11) is 1.93. The van der Waals surface area contributed by atoms with Crippen LogP contribution in [0.1, 0.15) is 16.8 Å². The second kappa shape index (κ2) is 6.52. The van der Waals surface area contributed by atoms with Gasteiger partial charge < -0.3 is 15.0 Å². The molecule has 2 rings (SSSR count). The second-order valence-electron chi connectivity index (χ2n) is 4.50. The van der Waals surface area contributed by atoms with Crippen molar-refractivity contribution < 1.29 is 9.53 Å². The lowest BCUT2D eigenvalue weighted by molar-refractivity contribution is -0.0243. The fourth-order valence-electron chi connectivity index (χ4n) is 2.15. The summed E-state index contributed by atoms with van der Waals surface area (Å²) < 4.78 is 5.66. The number of benzene rings is 1. The summed E-state index contributed by atoms with van der Waals surface area (Å²) in [5.74, 6) is 0.105. The maximum Gasteiger partial charge on any atom is 0.254 e. The average Bonchev–Trinajstić information content (AvgIpc) is 2.45. The fraction of sp³-hybridized carbons (Fsp3) is 0.500. The summed E-state index contributed by atoms with van der Waals surface area (Å²) in [5.41, 5.74) is 0.756. The molecule has 1 unspecified atom stereocenters. The van der Waals surface area contributed by atoms with Gasteiger partial charge in [-0.3, -0.25) is 4.79 Å². The second-order valence-corrected chi connectivity index (χ2v) is 4.50. The molecule has 4 nitrogen and oxygen atoms in total. The molecule has 0 spiro atoms. The highest BCUT2D eigenvalue weighted by Gasteiger charge is 2.24. The Bertz CT molecular complexity index is 381. The van der Waals surface area contributed by atoms with E-state index < -0.39 is 0 Å². The number of nitrogens with one attached hydrogen (secondary N) is 1. The Labute approximate surface area is 108 Å². The van der Waals surface area contributed by atoms with E-state index in [1.807, 2.05) is 42.3 Å². The molecule has 1 saturated heterocycles. The van der Waals surface area contributed by atoms with Gasteiger partial charge in [-0.2, -0.15) is 0 Å². The molecule has 4 heteroatoms. The molecule has 1 heterocycles. The van der Waals surface area contributed by atoms with E-state index in [4.69, 9.17) is 4.74 Å². The number of ether oxygens (including phenoxy) is 1. The van der Waals surface area contributed by atoms with Crippen molar-refractivity contribution in [3.05, 3.63) is 35.9 Å². The largest absolute Gasteiger partial charge is 0.374 e.